The highest BCUT2D eigenvalue weighted by Crippen LogP contribution is 2.31. The Morgan fingerprint density at radius 3 is 2.51 bits per heavy atom. The molecule has 1 fully saturated rings. The topological polar surface area (TPSA) is 136 Å². The number of carbonyl (C=O) groups excluding carboxylic acids is 1. The molecule has 0 unspecified atom stereocenters. The average molecular weight is 557 g/mol. The monoisotopic (exact) mass is 556 g/mol. The van der Waals surface area contributed by atoms with E-state index >= 15 is 0 Å². The van der Waals surface area contributed by atoms with Gasteiger partial charge in [0.15, 0.2) is 6.10 Å². The van der Waals surface area contributed by atoms with Gasteiger partial charge < -0.3 is 20.6 Å². The van der Waals surface area contributed by atoms with E-state index in [1.165, 1.54) is 16.9 Å². The zero-order valence-electron chi connectivity index (χ0n) is 21.8. The molecule has 4 heterocycles. The number of hydrogen-bond donors (Lipinski definition) is 2. The first-order valence-electron chi connectivity index (χ1n) is 12.8. The van der Waals surface area contributed by atoms with Crippen molar-refractivity contribution < 1.29 is 18.7 Å². The number of aliphatic hydroxyl groups excluding tert-OH is 1. The molecular formula is C29H26F2N8O2. The number of rotatable bonds is 7. The molecule has 0 radical (unpaired) electrons. The normalized spacial score (nSPS) is 15.0. The van der Waals surface area contributed by atoms with Crippen molar-refractivity contribution in [3.63, 3.8) is 0 Å². The van der Waals surface area contributed by atoms with Crippen LogP contribution < -0.4 is 10.6 Å². The Labute approximate surface area is 234 Å². The van der Waals surface area contributed by atoms with Crippen molar-refractivity contribution in [2.75, 3.05) is 31.1 Å². The van der Waals surface area contributed by atoms with Crippen molar-refractivity contribution in [1.29, 1.82) is 5.26 Å². The van der Waals surface area contributed by atoms with Crippen LogP contribution in [0.25, 0.3) is 22.2 Å². The molecular weight excluding hydrogens is 530 g/mol. The van der Waals surface area contributed by atoms with E-state index in [9.17, 15) is 23.9 Å². The first kappa shape index (κ1) is 27.4. The first-order chi connectivity index (χ1) is 19.9. The van der Waals surface area contributed by atoms with Gasteiger partial charge in [-0.15, -0.1) is 0 Å². The van der Waals surface area contributed by atoms with Gasteiger partial charge in [0.05, 0.1) is 17.3 Å². The van der Waals surface area contributed by atoms with Crippen LogP contribution in [-0.4, -0.2) is 69.5 Å². The standard InChI is InChI=1S/C29H26F2N8O2/c30-29(31)35-16-22(13-32)21-12-24(26-23(14-33)17-36-39(26)18-21)20-6-7-25(34-15-20)37-8-10-38(11-9-37)28(41)27(40)19-4-2-1-3-5-19/h1-7,12-13,15-18,27,29,40H,8-11,32H2/t27-/m1/s1. The van der Waals surface area contributed by atoms with Crippen LogP contribution in [0.1, 0.15) is 22.8 Å². The van der Waals surface area contributed by atoms with Gasteiger partial charge in [0.25, 0.3) is 5.91 Å². The molecule has 208 valence electrons. The number of nitrogens with zero attached hydrogens (tertiary/aromatic N) is 7. The summed E-state index contributed by atoms with van der Waals surface area (Å²) in [5, 5.41) is 24.4. The van der Waals surface area contributed by atoms with E-state index in [1.54, 1.807) is 47.6 Å². The number of amides is 1. The molecule has 1 amide bonds. The lowest BCUT2D eigenvalue weighted by atomic mass is 10.0. The van der Waals surface area contributed by atoms with Crippen LogP contribution in [0.4, 0.5) is 14.6 Å². The van der Waals surface area contributed by atoms with Gasteiger partial charge in [-0.3, -0.25) is 4.79 Å². The third kappa shape index (κ3) is 5.75. The number of aliphatic imine (C=N–C) groups is 1. The number of anilines is 1. The fourth-order valence-corrected chi connectivity index (χ4v) is 4.77. The van der Waals surface area contributed by atoms with Crippen molar-refractivity contribution in [2.45, 2.75) is 12.7 Å². The molecule has 0 spiro atoms. The maximum Gasteiger partial charge on any atom is 0.331 e. The maximum atomic E-state index is 12.8. The molecule has 0 saturated carbocycles. The van der Waals surface area contributed by atoms with Gasteiger partial charge in [0.1, 0.15) is 11.9 Å². The van der Waals surface area contributed by atoms with E-state index in [2.05, 4.69) is 21.1 Å². The van der Waals surface area contributed by atoms with Crippen LogP contribution in [0.3, 0.4) is 0 Å². The Kier molecular flexibility index (Phi) is 7.98. The number of hydrogen-bond acceptors (Lipinski definition) is 8. The molecule has 4 aromatic rings. The molecule has 1 atom stereocenters. The number of pyridine rings is 2. The lowest BCUT2D eigenvalue weighted by Crippen LogP contribution is -2.50. The zero-order valence-corrected chi connectivity index (χ0v) is 21.8. The second-order valence-corrected chi connectivity index (χ2v) is 9.31. The molecule has 41 heavy (non-hydrogen) atoms. The van der Waals surface area contributed by atoms with E-state index in [4.69, 9.17) is 5.73 Å². The number of nitriles is 1. The van der Waals surface area contributed by atoms with Crippen molar-refractivity contribution in [3.8, 4) is 17.2 Å². The number of nitrogens with two attached hydrogens (primary N) is 1. The van der Waals surface area contributed by atoms with Crippen molar-refractivity contribution in [3.05, 3.63) is 90.0 Å². The molecule has 0 bridgehead atoms. The van der Waals surface area contributed by atoms with Crippen LogP contribution in [0.5, 0.6) is 0 Å². The predicted molar refractivity (Wildman–Crippen MR) is 150 cm³/mol. The smallest absolute Gasteiger partial charge is 0.331 e. The van der Waals surface area contributed by atoms with Gasteiger partial charge >= 0.3 is 6.55 Å². The van der Waals surface area contributed by atoms with E-state index in [0.29, 0.717) is 65.3 Å². The van der Waals surface area contributed by atoms with Crippen molar-refractivity contribution >= 4 is 29.0 Å². The summed E-state index contributed by atoms with van der Waals surface area (Å²) in [6, 6.07) is 16.4. The molecule has 12 heteroatoms. The average Bonchev–Trinajstić information content (AvgIpc) is 3.44. The van der Waals surface area contributed by atoms with Gasteiger partial charge in [0.2, 0.25) is 0 Å². The number of alkyl halides is 2. The summed E-state index contributed by atoms with van der Waals surface area (Å²) in [7, 11) is 0. The Hall–Kier alpha value is -5.15. The number of fused-ring (bicyclic) bond motifs is 1. The van der Waals surface area contributed by atoms with Crippen LogP contribution in [0, 0.1) is 11.3 Å². The Balaban J connectivity index is 1.36. The summed E-state index contributed by atoms with van der Waals surface area (Å²) in [5.41, 5.74) is 9.17. The number of halogens is 2. The maximum absolute atomic E-state index is 12.8. The second kappa shape index (κ2) is 11.9. The molecule has 5 rings (SSSR count). The zero-order chi connectivity index (χ0) is 28.9. The summed E-state index contributed by atoms with van der Waals surface area (Å²) < 4.78 is 26.9. The highest BCUT2D eigenvalue weighted by Gasteiger charge is 2.27. The molecule has 1 aromatic carbocycles. The van der Waals surface area contributed by atoms with Gasteiger partial charge in [0, 0.05) is 73.3 Å². The minimum atomic E-state index is -2.88. The molecule has 3 aromatic heterocycles. The van der Waals surface area contributed by atoms with Gasteiger partial charge in [-0.25, -0.2) is 14.5 Å². The summed E-state index contributed by atoms with van der Waals surface area (Å²) in [6.45, 7) is -0.938. The third-order valence-electron chi connectivity index (χ3n) is 6.89. The largest absolute Gasteiger partial charge is 0.404 e. The van der Waals surface area contributed by atoms with Gasteiger partial charge in [-0.05, 0) is 23.8 Å². The number of allylic oxidation sites excluding steroid dienone is 1. The predicted octanol–water partition coefficient (Wildman–Crippen LogP) is 3.24. The fourth-order valence-electron chi connectivity index (χ4n) is 4.77. The molecule has 3 N–H and O–H groups in total. The number of aliphatic hydroxyl groups is 1. The SMILES string of the molecule is N#Cc1cnn2cc(C(C=NC(F)F)=CN)cc(-c3ccc(N4CCN(C(=O)[C@H](O)c5ccccc5)CC4)nc3)c12. The third-order valence-corrected chi connectivity index (χ3v) is 6.89. The molecule has 10 nitrogen and oxygen atoms in total. The lowest BCUT2D eigenvalue weighted by molar-refractivity contribution is -0.140. The minimum absolute atomic E-state index is 0.261. The number of piperazine rings is 1. The van der Waals surface area contributed by atoms with Crippen molar-refractivity contribution in [2.24, 2.45) is 10.7 Å². The van der Waals surface area contributed by atoms with Gasteiger partial charge in [-0.2, -0.15) is 19.1 Å². The number of carbonyl (C=O) groups is 1. The Morgan fingerprint density at radius 1 is 1.12 bits per heavy atom. The summed E-state index contributed by atoms with van der Waals surface area (Å²) in [5.74, 6) is 0.374. The van der Waals surface area contributed by atoms with Gasteiger partial charge in [-0.1, -0.05) is 30.3 Å². The van der Waals surface area contributed by atoms with E-state index in [-0.39, 0.29) is 11.5 Å². The number of benzene rings is 1. The second-order valence-electron chi connectivity index (χ2n) is 9.31. The van der Waals surface area contributed by atoms with Crippen LogP contribution >= 0.6 is 0 Å². The molecule has 1 saturated heterocycles. The van der Waals surface area contributed by atoms with Crippen LogP contribution in [-0.2, 0) is 4.79 Å². The summed E-state index contributed by atoms with van der Waals surface area (Å²) in [4.78, 5) is 24.3. The first-order valence-corrected chi connectivity index (χ1v) is 12.8. The highest BCUT2D eigenvalue weighted by atomic mass is 19.3. The summed E-state index contributed by atoms with van der Waals surface area (Å²) in [6.07, 6.45) is 5.65. The van der Waals surface area contributed by atoms with Crippen molar-refractivity contribution in [1.82, 2.24) is 19.5 Å². The molecule has 1 aliphatic heterocycles. The minimum Gasteiger partial charge on any atom is -0.404 e. The molecule has 1 aliphatic rings. The van der Waals surface area contributed by atoms with E-state index in [0.717, 1.165) is 6.21 Å². The van der Waals surface area contributed by atoms with Crippen LogP contribution in [0.2, 0.25) is 0 Å². The lowest BCUT2D eigenvalue weighted by Gasteiger charge is -2.36. The Morgan fingerprint density at radius 2 is 1.88 bits per heavy atom. The quantitative estimate of drug-likeness (QED) is 0.263. The fraction of sp³-hybridized carbons (Fsp3) is 0.207. The van der Waals surface area contributed by atoms with Crippen LogP contribution in [0.15, 0.2) is 78.3 Å². The van der Waals surface area contributed by atoms with E-state index in [1.807, 2.05) is 23.1 Å². The number of aromatic nitrogens is 3. The summed E-state index contributed by atoms with van der Waals surface area (Å²) >= 11 is 0. The van der Waals surface area contributed by atoms with E-state index < -0.39 is 12.7 Å². The highest BCUT2D eigenvalue weighted by molar-refractivity contribution is 6.10. The Bertz CT molecular complexity index is 1640. The molecule has 0 aliphatic carbocycles.